The second-order valence-corrected chi connectivity index (χ2v) is 3.10. The highest BCUT2D eigenvalue weighted by atomic mass is 16.5. The molecule has 0 saturated heterocycles. The van der Waals surface area contributed by atoms with Crippen LogP contribution in [0.1, 0.15) is 33.1 Å². The predicted molar refractivity (Wildman–Crippen MR) is 60.5 cm³/mol. The maximum Gasteiger partial charge on any atom is 0.188 e. The molecule has 0 aliphatic rings. The van der Waals surface area contributed by atoms with E-state index in [1.165, 1.54) is 0 Å². The molecular weight excluding hydrogens is 178 g/mol. The first kappa shape index (κ1) is 13.2. The minimum Gasteiger partial charge on any atom is -0.382 e. The van der Waals surface area contributed by atoms with Crippen molar-refractivity contribution >= 4 is 5.96 Å². The van der Waals surface area contributed by atoms with Crippen LogP contribution in [-0.2, 0) is 4.74 Å². The van der Waals surface area contributed by atoms with Crippen molar-refractivity contribution in [2.24, 2.45) is 10.7 Å². The Hall–Kier alpha value is -0.770. The van der Waals surface area contributed by atoms with Crippen molar-refractivity contribution in [2.45, 2.75) is 33.1 Å². The number of unbranched alkanes of at least 4 members (excludes halogenated alkanes) is 1. The third kappa shape index (κ3) is 9.32. The molecule has 0 aromatic carbocycles. The quantitative estimate of drug-likeness (QED) is 0.351. The second-order valence-electron chi connectivity index (χ2n) is 3.10. The third-order valence-electron chi connectivity index (χ3n) is 1.73. The van der Waals surface area contributed by atoms with E-state index in [2.05, 4.69) is 17.2 Å². The third-order valence-corrected chi connectivity index (χ3v) is 1.73. The SMILES string of the molecule is CCCN=C(N)NCCCCOCC. The number of nitrogens with zero attached hydrogens (tertiary/aromatic N) is 1. The van der Waals surface area contributed by atoms with Crippen molar-refractivity contribution in [3.63, 3.8) is 0 Å². The average Bonchev–Trinajstić information content (AvgIpc) is 2.20. The molecule has 3 N–H and O–H groups in total. The van der Waals surface area contributed by atoms with E-state index >= 15 is 0 Å². The van der Waals surface area contributed by atoms with Gasteiger partial charge in [-0.3, -0.25) is 4.99 Å². The number of aliphatic imine (C=N–C) groups is 1. The van der Waals surface area contributed by atoms with Crippen LogP contribution in [0.5, 0.6) is 0 Å². The van der Waals surface area contributed by atoms with E-state index in [9.17, 15) is 0 Å². The Kier molecular flexibility index (Phi) is 9.74. The summed E-state index contributed by atoms with van der Waals surface area (Å²) in [6, 6.07) is 0. The Bertz CT molecular complexity index is 148. The maximum absolute atomic E-state index is 5.61. The highest BCUT2D eigenvalue weighted by Crippen LogP contribution is 1.88. The lowest BCUT2D eigenvalue weighted by atomic mass is 10.3. The lowest BCUT2D eigenvalue weighted by Crippen LogP contribution is -2.32. The average molecular weight is 201 g/mol. The van der Waals surface area contributed by atoms with Gasteiger partial charge in [0.05, 0.1) is 0 Å². The van der Waals surface area contributed by atoms with Gasteiger partial charge in [0.25, 0.3) is 0 Å². The Morgan fingerprint density at radius 1 is 1.36 bits per heavy atom. The van der Waals surface area contributed by atoms with Gasteiger partial charge in [0.1, 0.15) is 0 Å². The van der Waals surface area contributed by atoms with Gasteiger partial charge in [-0.25, -0.2) is 0 Å². The zero-order chi connectivity index (χ0) is 10.6. The first-order valence-corrected chi connectivity index (χ1v) is 5.42. The molecule has 0 spiro atoms. The molecule has 0 aliphatic heterocycles. The molecule has 0 aromatic heterocycles. The summed E-state index contributed by atoms with van der Waals surface area (Å²) in [7, 11) is 0. The molecule has 0 rings (SSSR count). The van der Waals surface area contributed by atoms with E-state index in [-0.39, 0.29) is 0 Å². The van der Waals surface area contributed by atoms with Crippen molar-refractivity contribution in [3.8, 4) is 0 Å². The second kappa shape index (κ2) is 10.3. The van der Waals surface area contributed by atoms with Gasteiger partial charge in [0.2, 0.25) is 0 Å². The number of nitrogens with two attached hydrogens (primary N) is 1. The van der Waals surface area contributed by atoms with Crippen LogP contribution < -0.4 is 11.1 Å². The Labute approximate surface area is 86.9 Å². The number of ether oxygens (including phenoxy) is 1. The summed E-state index contributed by atoms with van der Waals surface area (Å²) in [5.74, 6) is 0.559. The van der Waals surface area contributed by atoms with Crippen molar-refractivity contribution in [3.05, 3.63) is 0 Å². The highest BCUT2D eigenvalue weighted by Gasteiger charge is 1.91. The lowest BCUT2D eigenvalue weighted by molar-refractivity contribution is 0.143. The topological polar surface area (TPSA) is 59.6 Å². The summed E-state index contributed by atoms with van der Waals surface area (Å²) in [5, 5.41) is 3.07. The normalized spacial score (nSPS) is 11.7. The van der Waals surface area contributed by atoms with Gasteiger partial charge in [0.15, 0.2) is 5.96 Å². The maximum atomic E-state index is 5.61. The van der Waals surface area contributed by atoms with Crippen LogP contribution in [-0.4, -0.2) is 32.3 Å². The molecule has 0 aromatic rings. The number of nitrogens with one attached hydrogen (secondary N) is 1. The summed E-state index contributed by atoms with van der Waals surface area (Å²) in [5.41, 5.74) is 5.61. The summed E-state index contributed by atoms with van der Waals surface area (Å²) in [6.45, 7) is 7.41. The zero-order valence-corrected chi connectivity index (χ0v) is 9.38. The molecule has 4 nitrogen and oxygen atoms in total. The molecule has 0 aliphatic carbocycles. The van der Waals surface area contributed by atoms with Crippen LogP contribution in [0.3, 0.4) is 0 Å². The van der Waals surface area contributed by atoms with Gasteiger partial charge in [0, 0.05) is 26.3 Å². The highest BCUT2D eigenvalue weighted by molar-refractivity contribution is 5.77. The molecule has 0 unspecified atom stereocenters. The van der Waals surface area contributed by atoms with E-state index in [1.54, 1.807) is 0 Å². The molecule has 0 atom stereocenters. The molecule has 14 heavy (non-hydrogen) atoms. The minimum absolute atomic E-state index is 0.559. The van der Waals surface area contributed by atoms with Crippen molar-refractivity contribution < 1.29 is 4.74 Å². The summed E-state index contributed by atoms with van der Waals surface area (Å²) in [6.07, 6.45) is 3.18. The smallest absolute Gasteiger partial charge is 0.188 e. The van der Waals surface area contributed by atoms with E-state index in [0.717, 1.165) is 45.6 Å². The summed E-state index contributed by atoms with van der Waals surface area (Å²) in [4.78, 5) is 4.13. The summed E-state index contributed by atoms with van der Waals surface area (Å²) < 4.78 is 5.22. The zero-order valence-electron chi connectivity index (χ0n) is 9.38. The van der Waals surface area contributed by atoms with Gasteiger partial charge in [-0.05, 0) is 26.2 Å². The minimum atomic E-state index is 0.559. The molecule has 0 saturated carbocycles. The van der Waals surface area contributed by atoms with Crippen LogP contribution in [0.2, 0.25) is 0 Å². The Balaban J connectivity index is 3.18. The Morgan fingerprint density at radius 2 is 2.14 bits per heavy atom. The van der Waals surface area contributed by atoms with E-state index in [1.807, 2.05) is 6.92 Å². The number of guanidine groups is 1. The fraction of sp³-hybridized carbons (Fsp3) is 0.900. The molecule has 0 radical (unpaired) electrons. The molecular formula is C10H23N3O. The van der Waals surface area contributed by atoms with Gasteiger partial charge < -0.3 is 15.8 Å². The predicted octanol–water partition coefficient (Wildman–Crippen LogP) is 1.12. The number of hydrogen-bond acceptors (Lipinski definition) is 2. The van der Waals surface area contributed by atoms with Crippen molar-refractivity contribution in [1.82, 2.24) is 5.32 Å². The Morgan fingerprint density at radius 3 is 2.79 bits per heavy atom. The first-order chi connectivity index (χ1) is 6.81. The largest absolute Gasteiger partial charge is 0.382 e. The summed E-state index contributed by atoms with van der Waals surface area (Å²) >= 11 is 0. The fourth-order valence-electron chi connectivity index (χ4n) is 0.978. The molecule has 0 heterocycles. The van der Waals surface area contributed by atoms with Crippen LogP contribution in [0.15, 0.2) is 4.99 Å². The molecule has 0 bridgehead atoms. The molecule has 0 fully saturated rings. The van der Waals surface area contributed by atoms with E-state index in [4.69, 9.17) is 10.5 Å². The van der Waals surface area contributed by atoms with Crippen LogP contribution >= 0.6 is 0 Å². The molecule has 0 amide bonds. The van der Waals surface area contributed by atoms with Crippen LogP contribution in [0.25, 0.3) is 0 Å². The van der Waals surface area contributed by atoms with E-state index in [0.29, 0.717) is 5.96 Å². The van der Waals surface area contributed by atoms with Crippen molar-refractivity contribution in [1.29, 1.82) is 0 Å². The monoisotopic (exact) mass is 201 g/mol. The molecule has 84 valence electrons. The van der Waals surface area contributed by atoms with E-state index < -0.39 is 0 Å². The van der Waals surface area contributed by atoms with Gasteiger partial charge in [-0.2, -0.15) is 0 Å². The number of rotatable bonds is 8. The van der Waals surface area contributed by atoms with Crippen LogP contribution in [0, 0.1) is 0 Å². The van der Waals surface area contributed by atoms with Gasteiger partial charge in [-0.15, -0.1) is 0 Å². The molecule has 4 heteroatoms. The standard InChI is InChI=1S/C10H23N3O/c1-3-7-12-10(11)13-8-5-6-9-14-4-2/h3-9H2,1-2H3,(H3,11,12,13). The first-order valence-electron chi connectivity index (χ1n) is 5.42. The van der Waals surface area contributed by atoms with Crippen molar-refractivity contribution in [2.75, 3.05) is 26.3 Å². The van der Waals surface area contributed by atoms with Crippen LogP contribution in [0.4, 0.5) is 0 Å². The fourth-order valence-corrected chi connectivity index (χ4v) is 0.978. The number of hydrogen-bond donors (Lipinski definition) is 2. The van der Waals surface area contributed by atoms with Gasteiger partial charge in [-0.1, -0.05) is 6.92 Å². The lowest BCUT2D eigenvalue weighted by Gasteiger charge is -2.05. The van der Waals surface area contributed by atoms with Gasteiger partial charge >= 0.3 is 0 Å².